The minimum Gasteiger partial charge on any atom is -0.481 e. The van der Waals surface area contributed by atoms with Gasteiger partial charge in [0.2, 0.25) is 5.82 Å². The molecule has 0 amide bonds. The van der Waals surface area contributed by atoms with Gasteiger partial charge in [0.05, 0.1) is 22.9 Å². The SMILES string of the molecule is Cc1cc2[nH]cnc2cc1-c1noc(-c2ccc(OC(C)C(F)(F)F)c(C(F)(F)F)c2)n1.Cl. The number of hydrogen-bond donors (Lipinski definition) is 1. The van der Waals surface area contributed by atoms with E-state index >= 15 is 0 Å². The van der Waals surface area contributed by atoms with Crippen LogP contribution in [0.4, 0.5) is 26.3 Å². The second-order valence-electron chi connectivity index (χ2n) is 7.02. The number of ether oxygens (including phenoxy) is 1. The van der Waals surface area contributed by atoms with E-state index in [1.807, 2.05) is 6.07 Å². The van der Waals surface area contributed by atoms with Crippen LogP contribution in [-0.2, 0) is 6.18 Å². The summed E-state index contributed by atoms with van der Waals surface area (Å²) in [7, 11) is 0. The molecule has 0 bridgehead atoms. The van der Waals surface area contributed by atoms with Gasteiger partial charge in [0, 0.05) is 11.1 Å². The molecule has 0 aliphatic rings. The van der Waals surface area contributed by atoms with Crippen LogP contribution < -0.4 is 4.74 Å². The van der Waals surface area contributed by atoms with Gasteiger partial charge in [0.15, 0.2) is 6.10 Å². The second-order valence-corrected chi connectivity index (χ2v) is 7.02. The van der Waals surface area contributed by atoms with Gasteiger partial charge >= 0.3 is 12.4 Å². The lowest BCUT2D eigenvalue weighted by atomic mass is 10.1. The first-order chi connectivity index (χ1) is 14.9. The molecule has 2 heterocycles. The van der Waals surface area contributed by atoms with Gasteiger partial charge in [0.1, 0.15) is 5.75 Å². The van der Waals surface area contributed by atoms with Gasteiger partial charge in [-0.2, -0.15) is 31.3 Å². The molecule has 13 heteroatoms. The van der Waals surface area contributed by atoms with Gasteiger partial charge in [-0.1, -0.05) is 5.16 Å². The van der Waals surface area contributed by atoms with E-state index in [0.29, 0.717) is 24.1 Å². The number of aromatic nitrogens is 4. The Balaban J connectivity index is 0.00000306. The van der Waals surface area contributed by atoms with Crippen molar-refractivity contribution in [1.29, 1.82) is 0 Å². The molecule has 0 saturated heterocycles. The Hall–Kier alpha value is -3.28. The van der Waals surface area contributed by atoms with E-state index in [0.717, 1.165) is 23.2 Å². The van der Waals surface area contributed by atoms with Gasteiger partial charge in [-0.15, -0.1) is 12.4 Å². The summed E-state index contributed by atoms with van der Waals surface area (Å²) in [5, 5.41) is 3.82. The number of benzene rings is 2. The average molecular weight is 493 g/mol. The maximum absolute atomic E-state index is 13.5. The molecule has 1 atom stereocenters. The third kappa shape index (κ3) is 4.90. The monoisotopic (exact) mass is 492 g/mol. The molecule has 2 aromatic heterocycles. The lowest BCUT2D eigenvalue weighted by Gasteiger charge is -2.20. The third-order valence-corrected chi connectivity index (χ3v) is 4.73. The fourth-order valence-electron chi connectivity index (χ4n) is 3.03. The van der Waals surface area contributed by atoms with E-state index < -0.39 is 29.8 Å². The smallest absolute Gasteiger partial charge is 0.425 e. The van der Waals surface area contributed by atoms with Gasteiger partial charge < -0.3 is 14.2 Å². The zero-order valence-electron chi connectivity index (χ0n) is 16.9. The van der Waals surface area contributed by atoms with Crippen LogP contribution >= 0.6 is 12.4 Å². The highest BCUT2D eigenvalue weighted by molar-refractivity contribution is 5.85. The Morgan fingerprint density at radius 2 is 1.79 bits per heavy atom. The van der Waals surface area contributed by atoms with Gasteiger partial charge in [-0.05, 0) is 49.7 Å². The normalized spacial score (nSPS) is 13.1. The van der Waals surface area contributed by atoms with Gasteiger partial charge in [0.25, 0.3) is 5.89 Å². The molecule has 1 unspecified atom stereocenters. The molecule has 0 radical (unpaired) electrons. The van der Waals surface area contributed by atoms with Gasteiger partial charge in [-0.25, -0.2) is 4.98 Å². The molecule has 0 aliphatic carbocycles. The van der Waals surface area contributed by atoms with Crippen LogP contribution in [0.5, 0.6) is 5.75 Å². The standard InChI is InChI=1S/C20H14F6N4O2.ClH/c1-9-5-14-15(28-8-27-14)7-12(9)17-29-18(32-30-17)11-3-4-16(13(6-11)20(24,25)26)31-10(2)19(21,22)23;/h3-8,10H,1-2H3,(H,27,28);1H. The van der Waals surface area contributed by atoms with Crippen molar-refractivity contribution >= 4 is 23.4 Å². The number of halogens is 7. The summed E-state index contributed by atoms with van der Waals surface area (Å²) in [4.78, 5) is 11.2. The van der Waals surface area contributed by atoms with E-state index in [1.54, 1.807) is 13.0 Å². The molecule has 0 aliphatic heterocycles. The minimum atomic E-state index is -4.97. The van der Waals surface area contributed by atoms with Crippen molar-refractivity contribution in [2.75, 3.05) is 0 Å². The van der Waals surface area contributed by atoms with E-state index in [2.05, 4.69) is 24.8 Å². The largest absolute Gasteiger partial charge is 0.481 e. The second kappa shape index (κ2) is 8.58. The number of nitrogens with zero attached hydrogens (tertiary/aromatic N) is 3. The van der Waals surface area contributed by atoms with Crippen molar-refractivity contribution in [2.24, 2.45) is 0 Å². The summed E-state index contributed by atoms with van der Waals surface area (Å²) in [5.74, 6) is -1.06. The van der Waals surface area contributed by atoms with Crippen LogP contribution in [-0.4, -0.2) is 32.4 Å². The number of hydrogen-bond acceptors (Lipinski definition) is 5. The first-order valence-electron chi connectivity index (χ1n) is 9.16. The number of aromatic amines is 1. The maximum atomic E-state index is 13.5. The Kier molecular flexibility index (Phi) is 6.33. The van der Waals surface area contributed by atoms with E-state index in [-0.39, 0.29) is 29.7 Å². The third-order valence-electron chi connectivity index (χ3n) is 4.73. The molecule has 1 N–H and O–H groups in total. The van der Waals surface area contributed by atoms with Crippen molar-refractivity contribution in [1.82, 2.24) is 20.1 Å². The Morgan fingerprint density at radius 1 is 1.06 bits per heavy atom. The van der Waals surface area contributed by atoms with Crippen LogP contribution in [0.2, 0.25) is 0 Å². The number of aryl methyl sites for hydroxylation is 1. The molecule has 4 aromatic rings. The quantitative estimate of drug-likeness (QED) is 0.335. The molecule has 2 aromatic carbocycles. The molecule has 176 valence electrons. The summed E-state index contributed by atoms with van der Waals surface area (Å²) >= 11 is 0. The fourth-order valence-corrected chi connectivity index (χ4v) is 3.03. The highest BCUT2D eigenvalue weighted by Crippen LogP contribution is 2.40. The summed E-state index contributed by atoms with van der Waals surface area (Å²) in [6.45, 7) is 2.41. The van der Waals surface area contributed by atoms with Crippen molar-refractivity contribution < 1.29 is 35.6 Å². The topological polar surface area (TPSA) is 76.8 Å². The molecule has 0 spiro atoms. The van der Waals surface area contributed by atoms with Gasteiger partial charge in [-0.3, -0.25) is 0 Å². The average Bonchev–Trinajstić information content (AvgIpc) is 3.35. The number of alkyl halides is 6. The summed E-state index contributed by atoms with van der Waals surface area (Å²) in [6.07, 6.45) is -10.7. The van der Waals surface area contributed by atoms with Crippen molar-refractivity contribution in [2.45, 2.75) is 32.3 Å². The summed E-state index contributed by atoms with van der Waals surface area (Å²) < 4.78 is 88.3. The maximum Gasteiger partial charge on any atom is 0.425 e. The van der Waals surface area contributed by atoms with E-state index in [9.17, 15) is 26.3 Å². The predicted octanol–water partition coefficient (Wildman–Crippen LogP) is 6.36. The molecule has 33 heavy (non-hydrogen) atoms. The Labute approximate surface area is 188 Å². The number of imidazole rings is 1. The van der Waals surface area contributed by atoms with E-state index in [1.165, 1.54) is 6.33 Å². The molecule has 4 rings (SSSR count). The molecule has 6 nitrogen and oxygen atoms in total. The highest BCUT2D eigenvalue weighted by atomic mass is 35.5. The molecular formula is C20H15ClF6N4O2. The van der Waals surface area contributed by atoms with Crippen molar-refractivity contribution in [3.05, 3.63) is 47.8 Å². The van der Waals surface area contributed by atoms with Crippen LogP contribution in [0.25, 0.3) is 33.9 Å². The minimum absolute atomic E-state index is 0. The Bertz CT molecular complexity index is 1280. The molecule has 0 saturated carbocycles. The fraction of sp³-hybridized carbons (Fsp3) is 0.250. The predicted molar refractivity (Wildman–Crippen MR) is 108 cm³/mol. The van der Waals surface area contributed by atoms with Crippen molar-refractivity contribution in [3.8, 4) is 28.6 Å². The zero-order chi connectivity index (χ0) is 23.3. The lowest BCUT2D eigenvalue weighted by Crippen LogP contribution is -2.31. The first-order valence-corrected chi connectivity index (χ1v) is 9.16. The van der Waals surface area contributed by atoms with Crippen LogP contribution in [0.3, 0.4) is 0 Å². The zero-order valence-corrected chi connectivity index (χ0v) is 17.7. The number of rotatable bonds is 4. The lowest BCUT2D eigenvalue weighted by molar-refractivity contribution is -0.191. The van der Waals surface area contributed by atoms with E-state index in [4.69, 9.17) is 4.52 Å². The summed E-state index contributed by atoms with van der Waals surface area (Å²) in [5.41, 5.74) is 1.25. The van der Waals surface area contributed by atoms with Crippen LogP contribution in [0.1, 0.15) is 18.1 Å². The van der Waals surface area contributed by atoms with Crippen molar-refractivity contribution in [3.63, 3.8) is 0 Å². The van der Waals surface area contributed by atoms with Crippen LogP contribution in [0, 0.1) is 6.92 Å². The molecule has 0 fully saturated rings. The number of fused-ring (bicyclic) bond motifs is 1. The highest BCUT2D eigenvalue weighted by Gasteiger charge is 2.41. The summed E-state index contributed by atoms with van der Waals surface area (Å²) in [6, 6.07) is 6.04. The Morgan fingerprint density at radius 3 is 2.45 bits per heavy atom. The number of nitrogens with one attached hydrogen (secondary N) is 1. The number of H-pyrrole nitrogens is 1. The molecular weight excluding hydrogens is 478 g/mol. The van der Waals surface area contributed by atoms with Crippen LogP contribution in [0.15, 0.2) is 41.2 Å². The first kappa shape index (κ1) is 24.4.